The number of fused-ring (bicyclic) bond motifs is 1. The van der Waals surface area contributed by atoms with Crippen LogP contribution in [0.2, 0.25) is 5.02 Å². The van der Waals surface area contributed by atoms with Gasteiger partial charge < -0.3 is 20.5 Å². The van der Waals surface area contributed by atoms with Crippen molar-refractivity contribution in [2.24, 2.45) is 0 Å². The molecule has 0 aromatic carbocycles. The number of carbonyl (C=O) groups is 1. The molecular formula is C20H21ClF3N7O. The summed E-state index contributed by atoms with van der Waals surface area (Å²) in [7, 11) is 0. The minimum Gasteiger partial charge on any atom is -0.358 e. The zero-order valence-electron chi connectivity index (χ0n) is 16.9. The van der Waals surface area contributed by atoms with Crippen LogP contribution in [0.1, 0.15) is 6.42 Å². The van der Waals surface area contributed by atoms with E-state index in [1.165, 1.54) is 6.20 Å². The smallest absolute Gasteiger partial charge is 0.358 e. The fraction of sp³-hybridized carbons (Fsp3) is 0.350. The molecule has 0 atom stereocenters. The lowest BCUT2D eigenvalue weighted by atomic mass is 10.2. The lowest BCUT2D eigenvalue weighted by Gasteiger charge is -2.35. The molecule has 4 rings (SSSR count). The number of urea groups is 1. The Kier molecular flexibility index (Phi) is 6.38. The molecule has 0 bridgehead atoms. The van der Waals surface area contributed by atoms with Crippen molar-refractivity contribution in [1.29, 1.82) is 0 Å². The Bertz CT molecular complexity index is 1100. The molecule has 0 radical (unpaired) electrons. The highest BCUT2D eigenvalue weighted by Gasteiger charge is 2.29. The Hall–Kier alpha value is -3.05. The molecule has 2 amide bonds. The van der Waals surface area contributed by atoms with E-state index in [1.54, 1.807) is 29.4 Å². The van der Waals surface area contributed by atoms with E-state index in [-0.39, 0.29) is 6.54 Å². The molecule has 0 saturated carbocycles. The molecule has 3 aromatic rings. The summed E-state index contributed by atoms with van der Waals surface area (Å²) in [6.45, 7) is 2.02. The molecule has 32 heavy (non-hydrogen) atoms. The number of piperazine rings is 1. The molecule has 3 N–H and O–H groups in total. The number of aromatic amines is 1. The number of H-pyrrole nitrogens is 1. The van der Waals surface area contributed by atoms with Crippen LogP contribution < -0.4 is 15.5 Å². The molecule has 0 aliphatic carbocycles. The van der Waals surface area contributed by atoms with Crippen molar-refractivity contribution in [3.63, 3.8) is 0 Å². The number of hydrogen-bond donors (Lipinski definition) is 3. The normalized spacial score (nSPS) is 15.2. The first-order valence-electron chi connectivity index (χ1n) is 9.98. The van der Waals surface area contributed by atoms with Gasteiger partial charge in [-0.25, -0.2) is 9.78 Å². The van der Waals surface area contributed by atoms with E-state index >= 15 is 0 Å². The highest BCUT2D eigenvalue weighted by atomic mass is 35.5. The van der Waals surface area contributed by atoms with Gasteiger partial charge in [0.05, 0.1) is 34.5 Å². The quantitative estimate of drug-likeness (QED) is 0.519. The Morgan fingerprint density at radius 2 is 1.97 bits per heavy atom. The standard InChI is InChI=1S/C20H21ClF3N7O/c21-14-10-13(28-19(32)29-16-12-26-15-2-1-4-25-17(15)16)11-27-18(14)31-8-6-30(7-9-31)5-3-20(22,23)24/h1-2,4,10-12,26H,3,5-9H2,(H2,28,29,32). The summed E-state index contributed by atoms with van der Waals surface area (Å²) in [5.74, 6) is 0.536. The minimum atomic E-state index is -4.15. The first-order valence-corrected chi connectivity index (χ1v) is 10.4. The number of nitrogens with one attached hydrogen (secondary N) is 3. The summed E-state index contributed by atoms with van der Waals surface area (Å²) in [5, 5.41) is 5.76. The van der Waals surface area contributed by atoms with Crippen LogP contribution in [0.15, 0.2) is 36.8 Å². The predicted octanol–water partition coefficient (Wildman–Crippen LogP) is 4.33. The van der Waals surface area contributed by atoms with Crippen molar-refractivity contribution < 1.29 is 18.0 Å². The van der Waals surface area contributed by atoms with E-state index in [4.69, 9.17) is 11.6 Å². The molecule has 0 spiro atoms. The minimum absolute atomic E-state index is 0.0115. The van der Waals surface area contributed by atoms with Crippen LogP contribution in [0, 0.1) is 0 Å². The highest BCUT2D eigenvalue weighted by Crippen LogP contribution is 2.28. The number of pyridine rings is 2. The molecule has 1 aliphatic rings. The van der Waals surface area contributed by atoms with Gasteiger partial charge >= 0.3 is 12.2 Å². The number of anilines is 3. The Morgan fingerprint density at radius 1 is 1.19 bits per heavy atom. The molecule has 0 unspecified atom stereocenters. The summed E-state index contributed by atoms with van der Waals surface area (Å²) in [6, 6.07) is 4.76. The van der Waals surface area contributed by atoms with Gasteiger partial charge in [-0.05, 0) is 18.2 Å². The van der Waals surface area contributed by atoms with Gasteiger partial charge in [0.1, 0.15) is 11.3 Å². The van der Waals surface area contributed by atoms with Gasteiger partial charge in [0.15, 0.2) is 0 Å². The van der Waals surface area contributed by atoms with E-state index in [0.29, 0.717) is 53.9 Å². The summed E-state index contributed by atoms with van der Waals surface area (Å²) < 4.78 is 37.2. The van der Waals surface area contributed by atoms with Gasteiger partial charge in [-0.3, -0.25) is 9.88 Å². The topological polar surface area (TPSA) is 89.2 Å². The number of halogens is 4. The molecule has 4 heterocycles. The predicted molar refractivity (Wildman–Crippen MR) is 117 cm³/mol. The Balaban J connectivity index is 1.33. The van der Waals surface area contributed by atoms with Gasteiger partial charge in [-0.15, -0.1) is 0 Å². The SMILES string of the molecule is O=C(Nc1cnc(N2CCN(CCC(F)(F)F)CC2)c(Cl)c1)Nc1c[nH]c2cccnc12. The van der Waals surface area contributed by atoms with Crippen LogP contribution >= 0.6 is 11.6 Å². The largest absolute Gasteiger partial charge is 0.390 e. The summed E-state index contributed by atoms with van der Waals surface area (Å²) in [6.07, 6.45) is -0.188. The van der Waals surface area contributed by atoms with Crippen LogP contribution in [-0.2, 0) is 0 Å². The zero-order valence-corrected chi connectivity index (χ0v) is 17.7. The van der Waals surface area contributed by atoms with Gasteiger partial charge in [0.2, 0.25) is 0 Å². The van der Waals surface area contributed by atoms with Crippen molar-refractivity contribution in [3.05, 3.63) is 41.8 Å². The maximum absolute atomic E-state index is 12.4. The summed E-state index contributed by atoms with van der Waals surface area (Å²) in [5.41, 5.74) is 2.39. The maximum atomic E-state index is 12.4. The number of alkyl halides is 3. The lowest BCUT2D eigenvalue weighted by Crippen LogP contribution is -2.47. The van der Waals surface area contributed by atoms with E-state index in [0.717, 1.165) is 5.52 Å². The molecule has 1 aliphatic heterocycles. The third kappa shape index (κ3) is 5.40. The van der Waals surface area contributed by atoms with Crippen LogP contribution in [0.25, 0.3) is 11.0 Å². The van der Waals surface area contributed by atoms with Crippen LogP contribution in [0.4, 0.5) is 35.2 Å². The van der Waals surface area contributed by atoms with Gasteiger partial charge in [0, 0.05) is 45.1 Å². The van der Waals surface area contributed by atoms with Crippen LogP contribution in [0.5, 0.6) is 0 Å². The molecule has 1 fully saturated rings. The number of hydrogen-bond acceptors (Lipinski definition) is 5. The average molecular weight is 468 g/mol. The summed E-state index contributed by atoms with van der Waals surface area (Å²) in [4.78, 5) is 27.7. The number of amides is 2. The fourth-order valence-corrected chi connectivity index (χ4v) is 3.82. The molecule has 1 saturated heterocycles. The monoisotopic (exact) mass is 467 g/mol. The second-order valence-electron chi connectivity index (χ2n) is 7.40. The average Bonchev–Trinajstić information content (AvgIpc) is 3.15. The first-order chi connectivity index (χ1) is 15.3. The zero-order chi connectivity index (χ0) is 22.7. The lowest BCUT2D eigenvalue weighted by molar-refractivity contribution is -0.138. The number of nitrogens with zero attached hydrogens (tertiary/aromatic N) is 4. The third-order valence-corrected chi connectivity index (χ3v) is 5.42. The van der Waals surface area contributed by atoms with Gasteiger partial charge in [0.25, 0.3) is 0 Å². The second kappa shape index (κ2) is 9.21. The van der Waals surface area contributed by atoms with Crippen molar-refractivity contribution in [2.75, 3.05) is 48.3 Å². The van der Waals surface area contributed by atoms with Crippen molar-refractivity contribution in [1.82, 2.24) is 19.9 Å². The first kappa shape index (κ1) is 22.2. The highest BCUT2D eigenvalue weighted by molar-refractivity contribution is 6.33. The number of carbonyl (C=O) groups excluding carboxylic acids is 1. The van der Waals surface area contributed by atoms with Gasteiger partial charge in [-0.1, -0.05) is 11.6 Å². The van der Waals surface area contributed by atoms with Crippen LogP contribution in [0.3, 0.4) is 0 Å². The van der Waals surface area contributed by atoms with Gasteiger partial charge in [-0.2, -0.15) is 13.2 Å². The van der Waals surface area contributed by atoms with E-state index in [1.807, 2.05) is 11.0 Å². The summed E-state index contributed by atoms with van der Waals surface area (Å²) >= 11 is 6.37. The number of rotatable bonds is 5. The molecule has 170 valence electrons. The third-order valence-electron chi connectivity index (χ3n) is 5.15. The second-order valence-corrected chi connectivity index (χ2v) is 7.81. The Labute approximate surface area is 186 Å². The van der Waals surface area contributed by atoms with E-state index in [2.05, 4.69) is 25.6 Å². The van der Waals surface area contributed by atoms with E-state index < -0.39 is 18.6 Å². The van der Waals surface area contributed by atoms with Crippen molar-refractivity contribution in [2.45, 2.75) is 12.6 Å². The van der Waals surface area contributed by atoms with Crippen molar-refractivity contribution >= 4 is 45.9 Å². The fourth-order valence-electron chi connectivity index (χ4n) is 3.53. The molecule has 12 heteroatoms. The van der Waals surface area contributed by atoms with E-state index in [9.17, 15) is 18.0 Å². The molecular weight excluding hydrogens is 447 g/mol. The molecule has 8 nitrogen and oxygen atoms in total. The van der Waals surface area contributed by atoms with Crippen LogP contribution in [-0.4, -0.2) is 64.8 Å². The molecule has 3 aromatic heterocycles. The Morgan fingerprint density at radius 3 is 2.69 bits per heavy atom. The van der Waals surface area contributed by atoms with Crippen molar-refractivity contribution in [3.8, 4) is 0 Å². The maximum Gasteiger partial charge on any atom is 0.390 e. The number of aromatic nitrogens is 3.